The summed E-state index contributed by atoms with van der Waals surface area (Å²) in [5, 5.41) is 17.9. The second-order valence-electron chi connectivity index (χ2n) is 9.75. The molecular weight excluding hydrogens is 550 g/mol. The van der Waals surface area contributed by atoms with Gasteiger partial charge in [0.15, 0.2) is 13.4 Å². The van der Waals surface area contributed by atoms with E-state index in [2.05, 4.69) is 15.2 Å². The largest absolute Gasteiger partial charge is 0.780 e. The van der Waals surface area contributed by atoms with Crippen molar-refractivity contribution in [2.75, 3.05) is 66.4 Å². The Balaban J connectivity index is 2.21. The molecule has 0 amide bonds. The minimum atomic E-state index is -5.57. The van der Waals surface area contributed by atoms with Crippen LogP contribution in [0.15, 0.2) is 24.3 Å². The van der Waals surface area contributed by atoms with Gasteiger partial charge in [0, 0.05) is 56.2 Å². The van der Waals surface area contributed by atoms with Crippen molar-refractivity contribution < 1.29 is 42.8 Å². The van der Waals surface area contributed by atoms with E-state index in [1.54, 1.807) is 0 Å². The van der Waals surface area contributed by atoms with Gasteiger partial charge in [-0.3, -0.25) is 9.36 Å². The molecule has 0 radical (unpaired) electrons. The van der Waals surface area contributed by atoms with Gasteiger partial charge in [-0.1, -0.05) is 6.07 Å². The molecule has 0 aromatic heterocycles. The maximum atomic E-state index is 14.0. The first-order chi connectivity index (χ1) is 18.1. The molecule has 39 heavy (non-hydrogen) atoms. The smallest absolute Gasteiger partial charge is 0.199 e. The minimum absolute atomic E-state index is 0.0112. The van der Waals surface area contributed by atoms with E-state index in [4.69, 9.17) is 4.52 Å². The van der Waals surface area contributed by atoms with E-state index in [1.165, 1.54) is 24.3 Å². The van der Waals surface area contributed by atoms with Crippen LogP contribution in [0.2, 0.25) is 0 Å². The van der Waals surface area contributed by atoms with Crippen molar-refractivity contribution in [3.63, 3.8) is 0 Å². The number of aliphatic hydroxyl groups excluding tert-OH is 1. The molecule has 3 N–H and O–H groups in total. The third-order valence-electron chi connectivity index (χ3n) is 5.90. The lowest BCUT2D eigenvalue weighted by atomic mass is 9.79. The van der Waals surface area contributed by atoms with Gasteiger partial charge in [0.05, 0.1) is 11.1 Å². The van der Waals surface area contributed by atoms with E-state index >= 15 is 0 Å². The summed E-state index contributed by atoms with van der Waals surface area (Å²) in [5.74, 6) is -1.54. The molecule has 1 aliphatic carbocycles. The molecule has 0 bridgehead atoms. The SMILES string of the molecule is CN(C)CCNCc1ccc(OP(=O)([O-])[O-])c2c1C(O)c1c(OP(C)(=O)[O-])ccc(NCCN(C)C)c1C2=O. The molecule has 3 rings (SSSR count). The molecule has 216 valence electrons. The van der Waals surface area contributed by atoms with Gasteiger partial charge < -0.3 is 53.8 Å². The molecule has 1 aliphatic rings. The van der Waals surface area contributed by atoms with Gasteiger partial charge in [-0.05, 0) is 52.0 Å². The number of nitrogens with zero attached hydrogens (tertiary/aromatic N) is 2. The summed E-state index contributed by atoms with van der Waals surface area (Å²) in [6.07, 6.45) is -1.61. The number of benzene rings is 2. The lowest BCUT2D eigenvalue weighted by Gasteiger charge is -2.35. The second-order valence-corrected chi connectivity index (χ2v) is 12.6. The normalized spacial score (nSPS) is 16.6. The number of carbonyl (C=O) groups excluding carboxylic acids is 1. The monoisotopic (exact) mass is 583 g/mol. The van der Waals surface area contributed by atoms with Gasteiger partial charge >= 0.3 is 0 Å². The Morgan fingerprint density at radius 2 is 1.51 bits per heavy atom. The fourth-order valence-electron chi connectivity index (χ4n) is 4.27. The van der Waals surface area contributed by atoms with Gasteiger partial charge in [0.1, 0.15) is 25.4 Å². The Hall–Kier alpha value is -2.31. The average molecular weight is 583 g/mol. The Morgan fingerprint density at radius 3 is 2.10 bits per heavy atom. The number of hydrogen-bond donors (Lipinski definition) is 3. The van der Waals surface area contributed by atoms with Gasteiger partial charge in [-0.2, -0.15) is 0 Å². The molecule has 2 unspecified atom stereocenters. The van der Waals surface area contributed by atoms with Gasteiger partial charge in [-0.15, -0.1) is 0 Å². The summed E-state index contributed by atoms with van der Waals surface area (Å²) in [7, 11) is -2.43. The second kappa shape index (κ2) is 12.5. The van der Waals surface area contributed by atoms with E-state index in [1.807, 2.05) is 38.0 Å². The summed E-state index contributed by atoms with van der Waals surface area (Å²) in [5.41, 5.74) is 0.159. The molecule has 15 heteroatoms. The van der Waals surface area contributed by atoms with Crippen LogP contribution in [0, 0.1) is 0 Å². The maximum Gasteiger partial charge on any atom is 0.199 e. The number of aliphatic hydroxyl groups is 1. The number of nitrogens with one attached hydrogen (secondary N) is 2. The Kier molecular flexibility index (Phi) is 9.98. The van der Waals surface area contributed by atoms with Gasteiger partial charge in [-0.25, -0.2) is 0 Å². The quantitative estimate of drug-likeness (QED) is 0.206. The van der Waals surface area contributed by atoms with E-state index in [0.717, 1.165) is 6.66 Å². The van der Waals surface area contributed by atoms with Crippen LogP contribution < -0.4 is 34.4 Å². The van der Waals surface area contributed by atoms with Crippen LogP contribution in [-0.2, 0) is 15.7 Å². The summed E-state index contributed by atoms with van der Waals surface area (Å²) < 4.78 is 33.4. The van der Waals surface area contributed by atoms with Crippen molar-refractivity contribution in [2.24, 2.45) is 0 Å². The lowest BCUT2D eigenvalue weighted by molar-refractivity contribution is -0.333. The van der Waals surface area contributed by atoms with E-state index in [0.29, 0.717) is 31.7 Å². The molecule has 2 aromatic carbocycles. The predicted octanol–water partition coefficient (Wildman–Crippen LogP) is -0.293. The van der Waals surface area contributed by atoms with Crippen LogP contribution in [0.3, 0.4) is 0 Å². The van der Waals surface area contributed by atoms with Crippen LogP contribution in [0.4, 0.5) is 5.69 Å². The van der Waals surface area contributed by atoms with Gasteiger partial charge in [0.2, 0.25) is 0 Å². The Bertz CT molecular complexity index is 1310. The fraction of sp³-hybridized carbons (Fsp3) is 0.458. The molecule has 13 nitrogen and oxygen atoms in total. The number of fused-ring (bicyclic) bond motifs is 2. The average Bonchev–Trinajstić information content (AvgIpc) is 2.79. The maximum absolute atomic E-state index is 14.0. The van der Waals surface area contributed by atoms with Crippen LogP contribution >= 0.6 is 15.4 Å². The molecule has 0 saturated carbocycles. The highest BCUT2D eigenvalue weighted by atomic mass is 31.2. The molecule has 0 heterocycles. The molecule has 0 fully saturated rings. The van der Waals surface area contributed by atoms with Gasteiger partial charge in [0.25, 0.3) is 0 Å². The number of carbonyl (C=O) groups is 1. The van der Waals surface area contributed by atoms with Crippen LogP contribution in [0.5, 0.6) is 11.5 Å². The molecule has 2 aromatic rings. The number of likely N-dealkylation sites (N-methyl/N-ethyl adjacent to an activating group) is 2. The summed E-state index contributed by atoms with van der Waals surface area (Å²) in [6.45, 7) is 3.25. The first-order valence-corrected chi connectivity index (χ1v) is 15.5. The number of anilines is 1. The van der Waals surface area contributed by atoms with Crippen molar-refractivity contribution in [3.8, 4) is 11.5 Å². The zero-order valence-electron chi connectivity index (χ0n) is 22.4. The Morgan fingerprint density at radius 1 is 0.897 bits per heavy atom. The number of rotatable bonds is 13. The highest BCUT2D eigenvalue weighted by molar-refractivity contribution is 7.50. The summed E-state index contributed by atoms with van der Waals surface area (Å²) >= 11 is 0. The fourth-order valence-corrected chi connectivity index (χ4v) is 5.18. The zero-order chi connectivity index (χ0) is 29.1. The molecular formula is C24H33N4O9P2-3. The number of hydrogen-bond acceptors (Lipinski definition) is 13. The van der Waals surface area contributed by atoms with Crippen molar-refractivity contribution in [3.05, 3.63) is 52.1 Å². The molecule has 0 aliphatic heterocycles. The third-order valence-corrected chi connectivity index (χ3v) is 6.85. The summed E-state index contributed by atoms with van der Waals surface area (Å²) in [6, 6.07) is 5.41. The van der Waals surface area contributed by atoms with Crippen LogP contribution in [0.1, 0.15) is 38.7 Å². The molecule has 2 atom stereocenters. The topological polar surface area (TPSA) is 190 Å². The Labute approximate surface area is 227 Å². The number of ketones is 1. The minimum Gasteiger partial charge on any atom is -0.780 e. The predicted molar refractivity (Wildman–Crippen MR) is 140 cm³/mol. The van der Waals surface area contributed by atoms with Crippen molar-refractivity contribution in [2.45, 2.75) is 12.6 Å². The number of phosphoric acid groups is 1. The van der Waals surface area contributed by atoms with Crippen molar-refractivity contribution in [1.82, 2.24) is 15.1 Å². The van der Waals surface area contributed by atoms with Crippen molar-refractivity contribution >= 4 is 26.9 Å². The first-order valence-electron chi connectivity index (χ1n) is 12.1. The van der Waals surface area contributed by atoms with Crippen LogP contribution in [-0.4, -0.2) is 81.7 Å². The van der Waals surface area contributed by atoms with E-state index in [9.17, 15) is 33.7 Å². The molecule has 0 spiro atoms. The number of phosphoric ester groups is 1. The van der Waals surface area contributed by atoms with E-state index in [-0.39, 0.29) is 40.2 Å². The highest BCUT2D eigenvalue weighted by Gasteiger charge is 2.39. The lowest BCUT2D eigenvalue weighted by Crippen LogP contribution is -2.29. The third kappa shape index (κ3) is 8.11. The standard InChI is InChI=1S/C24H36N4O9P2/c1-27(2)12-10-25-14-15-6-8-18(37-39(33,34)35)21-19(15)23(29)22-17(36-38(5,31)32)9-7-16(20(22)24(21)30)26-11-13-28(3)4/h6-9,23,25-26,29H,10-14H2,1-5H3,(H,31,32)(H2,33,34,35)/p-3. The van der Waals surface area contributed by atoms with Crippen molar-refractivity contribution in [1.29, 1.82) is 0 Å². The van der Waals surface area contributed by atoms with Crippen LogP contribution in [0.25, 0.3) is 0 Å². The molecule has 0 saturated heterocycles. The first kappa shape index (κ1) is 31.2. The summed E-state index contributed by atoms with van der Waals surface area (Å²) in [4.78, 5) is 52.9. The highest BCUT2D eigenvalue weighted by Crippen LogP contribution is 2.50. The van der Waals surface area contributed by atoms with E-state index < -0.39 is 33.1 Å². The zero-order valence-corrected chi connectivity index (χ0v) is 24.2.